The van der Waals surface area contributed by atoms with Gasteiger partial charge in [-0.15, -0.1) is 0 Å². The summed E-state index contributed by atoms with van der Waals surface area (Å²) in [6.45, 7) is 3.55. The molecule has 0 aliphatic carbocycles. The lowest BCUT2D eigenvalue weighted by Crippen LogP contribution is -2.45. The minimum absolute atomic E-state index is 0.0129. The summed E-state index contributed by atoms with van der Waals surface area (Å²) in [5, 5.41) is 11.8. The molecular weight excluding hydrogens is 320 g/mol. The topological polar surface area (TPSA) is 52.6 Å². The van der Waals surface area contributed by atoms with Gasteiger partial charge in [-0.3, -0.25) is 0 Å². The van der Waals surface area contributed by atoms with E-state index < -0.39 is 0 Å². The predicted molar refractivity (Wildman–Crippen MR) is 82.6 cm³/mol. The van der Waals surface area contributed by atoms with Crippen LogP contribution in [0, 0.1) is 0 Å². The minimum Gasteiger partial charge on any atom is -0.396 e. The fourth-order valence-electron chi connectivity index (χ4n) is 2.51. The van der Waals surface area contributed by atoms with E-state index in [1.54, 1.807) is 0 Å². The molecule has 0 bridgehead atoms. The van der Waals surface area contributed by atoms with Crippen LogP contribution in [0.5, 0.6) is 0 Å². The van der Waals surface area contributed by atoms with E-state index >= 15 is 0 Å². The summed E-state index contributed by atoms with van der Waals surface area (Å²) in [5.41, 5.74) is 2.52. The van der Waals surface area contributed by atoms with Crippen LogP contribution in [-0.4, -0.2) is 35.2 Å². The van der Waals surface area contributed by atoms with Gasteiger partial charge in [0.15, 0.2) is 0 Å². The van der Waals surface area contributed by atoms with Crippen molar-refractivity contribution < 1.29 is 9.90 Å². The quantitative estimate of drug-likeness (QED) is 0.885. The Morgan fingerprint density at radius 3 is 3.10 bits per heavy atom. The van der Waals surface area contributed by atoms with Crippen molar-refractivity contribution in [2.45, 2.75) is 38.8 Å². The van der Waals surface area contributed by atoms with Gasteiger partial charge in [-0.2, -0.15) is 0 Å². The summed E-state index contributed by atoms with van der Waals surface area (Å²) in [5.74, 6) is 0. The van der Waals surface area contributed by atoms with Gasteiger partial charge in [0.05, 0.1) is 0 Å². The first-order valence-electron chi connectivity index (χ1n) is 7.04. The highest BCUT2D eigenvalue weighted by molar-refractivity contribution is 9.10. The molecule has 0 radical (unpaired) electrons. The van der Waals surface area contributed by atoms with Crippen LogP contribution in [-0.2, 0) is 13.0 Å². The molecule has 110 valence electrons. The lowest BCUT2D eigenvalue weighted by atomic mass is 10.0. The Balaban J connectivity index is 1.93. The standard InChI is InChI=1S/C15H21BrN2O2/c1-11(4-3-9-19)17-15(20)18-8-7-13-12(10-18)5-2-6-14(13)16/h2,5-6,11,19H,3-4,7-10H2,1H3,(H,17,20). The molecule has 0 spiro atoms. The molecule has 2 rings (SSSR count). The van der Waals surface area contributed by atoms with Crippen LogP contribution in [0.15, 0.2) is 22.7 Å². The van der Waals surface area contributed by atoms with Crippen LogP contribution in [0.25, 0.3) is 0 Å². The summed E-state index contributed by atoms with van der Waals surface area (Å²) >= 11 is 3.56. The first kappa shape index (κ1) is 15.3. The van der Waals surface area contributed by atoms with Gasteiger partial charge >= 0.3 is 6.03 Å². The summed E-state index contributed by atoms with van der Waals surface area (Å²) in [6.07, 6.45) is 2.41. The Morgan fingerprint density at radius 2 is 2.35 bits per heavy atom. The molecule has 1 heterocycles. The van der Waals surface area contributed by atoms with E-state index in [0.717, 1.165) is 30.3 Å². The number of fused-ring (bicyclic) bond motifs is 1. The zero-order chi connectivity index (χ0) is 14.5. The van der Waals surface area contributed by atoms with Crippen LogP contribution < -0.4 is 5.32 Å². The molecule has 4 nitrogen and oxygen atoms in total. The molecule has 20 heavy (non-hydrogen) atoms. The van der Waals surface area contributed by atoms with Crippen LogP contribution in [0.2, 0.25) is 0 Å². The van der Waals surface area contributed by atoms with Crippen molar-refractivity contribution in [1.29, 1.82) is 0 Å². The maximum atomic E-state index is 12.2. The Bertz CT molecular complexity index is 479. The Hall–Kier alpha value is -1.07. The molecular formula is C15H21BrN2O2. The second kappa shape index (κ2) is 7.09. The molecule has 0 aromatic heterocycles. The average molecular weight is 341 g/mol. The first-order chi connectivity index (χ1) is 9.61. The van der Waals surface area contributed by atoms with Crippen molar-refractivity contribution in [3.63, 3.8) is 0 Å². The number of urea groups is 1. The van der Waals surface area contributed by atoms with Crippen LogP contribution in [0.3, 0.4) is 0 Å². The van der Waals surface area contributed by atoms with Crippen molar-refractivity contribution in [1.82, 2.24) is 10.2 Å². The van der Waals surface area contributed by atoms with Gasteiger partial charge in [-0.05, 0) is 43.4 Å². The molecule has 0 fully saturated rings. The molecule has 1 aliphatic rings. The van der Waals surface area contributed by atoms with Crippen molar-refractivity contribution in [3.8, 4) is 0 Å². The highest BCUT2D eigenvalue weighted by Crippen LogP contribution is 2.26. The number of nitrogens with one attached hydrogen (secondary N) is 1. The Morgan fingerprint density at radius 1 is 1.55 bits per heavy atom. The summed E-state index contributed by atoms with van der Waals surface area (Å²) in [7, 11) is 0. The lowest BCUT2D eigenvalue weighted by molar-refractivity contribution is 0.187. The average Bonchev–Trinajstić information content (AvgIpc) is 2.45. The molecule has 0 saturated heterocycles. The summed E-state index contributed by atoms with van der Waals surface area (Å²) in [4.78, 5) is 14.1. The SMILES string of the molecule is CC(CCCO)NC(=O)N1CCc2c(Br)cccc2C1. The van der Waals surface area contributed by atoms with Crippen LogP contribution in [0.4, 0.5) is 4.79 Å². The van der Waals surface area contributed by atoms with Crippen molar-refractivity contribution in [3.05, 3.63) is 33.8 Å². The van der Waals surface area contributed by atoms with E-state index in [4.69, 9.17) is 5.11 Å². The van der Waals surface area contributed by atoms with E-state index in [1.165, 1.54) is 11.1 Å². The highest BCUT2D eigenvalue weighted by Gasteiger charge is 2.22. The molecule has 1 atom stereocenters. The molecule has 1 aliphatic heterocycles. The third kappa shape index (κ3) is 3.73. The fraction of sp³-hybridized carbons (Fsp3) is 0.533. The first-order valence-corrected chi connectivity index (χ1v) is 7.83. The van der Waals surface area contributed by atoms with Crippen molar-refractivity contribution in [2.75, 3.05) is 13.2 Å². The van der Waals surface area contributed by atoms with Gasteiger partial charge in [0.25, 0.3) is 0 Å². The van der Waals surface area contributed by atoms with Gasteiger partial charge < -0.3 is 15.3 Å². The molecule has 0 saturated carbocycles. The third-order valence-corrected chi connectivity index (χ3v) is 4.40. The monoisotopic (exact) mass is 340 g/mol. The molecule has 1 unspecified atom stereocenters. The number of hydrogen-bond acceptors (Lipinski definition) is 2. The van der Waals surface area contributed by atoms with Crippen molar-refractivity contribution >= 4 is 22.0 Å². The Labute approximate surface area is 128 Å². The number of benzene rings is 1. The van der Waals surface area contributed by atoms with E-state index in [0.29, 0.717) is 6.54 Å². The van der Waals surface area contributed by atoms with E-state index in [1.807, 2.05) is 24.0 Å². The maximum Gasteiger partial charge on any atom is 0.317 e. The van der Waals surface area contributed by atoms with E-state index in [9.17, 15) is 4.79 Å². The summed E-state index contributed by atoms with van der Waals surface area (Å²) < 4.78 is 1.13. The third-order valence-electron chi connectivity index (χ3n) is 3.66. The van der Waals surface area contributed by atoms with Crippen LogP contribution >= 0.6 is 15.9 Å². The van der Waals surface area contributed by atoms with Gasteiger partial charge in [-0.25, -0.2) is 4.79 Å². The van der Waals surface area contributed by atoms with Crippen molar-refractivity contribution in [2.24, 2.45) is 0 Å². The summed E-state index contributed by atoms with van der Waals surface area (Å²) in [6, 6.07) is 6.22. The van der Waals surface area contributed by atoms with Gasteiger partial charge in [-0.1, -0.05) is 28.1 Å². The van der Waals surface area contributed by atoms with E-state index in [2.05, 4.69) is 27.3 Å². The zero-order valence-corrected chi connectivity index (χ0v) is 13.3. The van der Waals surface area contributed by atoms with Gasteiger partial charge in [0.1, 0.15) is 0 Å². The highest BCUT2D eigenvalue weighted by atomic mass is 79.9. The lowest BCUT2D eigenvalue weighted by Gasteiger charge is -2.30. The molecule has 5 heteroatoms. The molecule has 1 aromatic carbocycles. The number of aliphatic hydroxyl groups is 1. The number of nitrogens with zero attached hydrogens (tertiary/aromatic N) is 1. The zero-order valence-electron chi connectivity index (χ0n) is 11.7. The maximum absolute atomic E-state index is 12.2. The smallest absolute Gasteiger partial charge is 0.317 e. The fourth-order valence-corrected chi connectivity index (χ4v) is 3.11. The van der Waals surface area contributed by atoms with Crippen LogP contribution in [0.1, 0.15) is 30.9 Å². The number of carbonyl (C=O) groups is 1. The molecule has 2 amide bonds. The second-order valence-electron chi connectivity index (χ2n) is 5.27. The molecule has 1 aromatic rings. The number of carbonyl (C=O) groups excluding carboxylic acids is 1. The second-order valence-corrected chi connectivity index (χ2v) is 6.12. The number of rotatable bonds is 4. The normalized spacial score (nSPS) is 15.7. The number of hydrogen-bond donors (Lipinski definition) is 2. The minimum atomic E-state index is -0.0129. The van der Waals surface area contributed by atoms with E-state index in [-0.39, 0.29) is 18.7 Å². The molecule has 2 N–H and O–H groups in total. The van der Waals surface area contributed by atoms with Gasteiger partial charge in [0.2, 0.25) is 0 Å². The van der Waals surface area contributed by atoms with Gasteiger partial charge in [0, 0.05) is 30.2 Å². The Kier molecular flexibility index (Phi) is 5.43. The largest absolute Gasteiger partial charge is 0.396 e. The predicted octanol–water partition coefficient (Wildman–Crippen LogP) is 2.68. The number of aliphatic hydroxyl groups excluding tert-OH is 1. The number of amides is 2. The number of halogens is 1.